The molecule has 2 atom stereocenters. The molecule has 0 bridgehead atoms. The first-order chi connectivity index (χ1) is 4.14. The third-order valence-corrected chi connectivity index (χ3v) is 2.41. The van der Waals surface area contributed by atoms with Gasteiger partial charge in [-0.3, -0.25) is 4.52 Å². The smallest absolute Gasteiger partial charge is 0.324 e. The van der Waals surface area contributed by atoms with Crippen molar-refractivity contribution in [3.8, 4) is 12.3 Å². The summed E-state index contributed by atoms with van der Waals surface area (Å²) in [4.78, 5) is 8.88. The molecule has 0 aromatic carbocycles. The average molecular weight is 164 g/mol. The van der Waals surface area contributed by atoms with Gasteiger partial charge in [0.05, 0.1) is 6.61 Å². The van der Waals surface area contributed by atoms with E-state index < -0.39 is 12.8 Å². The van der Waals surface area contributed by atoms with E-state index in [9.17, 15) is 0 Å². The molecule has 0 radical (unpaired) electrons. The van der Waals surface area contributed by atoms with Gasteiger partial charge in [-0.15, -0.1) is 6.42 Å². The molecular formula is C4H5O3PS. The topological polar surface area (TPSA) is 38.7 Å². The van der Waals surface area contributed by atoms with Gasteiger partial charge in [0, 0.05) is 0 Å². The van der Waals surface area contributed by atoms with Crippen LogP contribution in [0.1, 0.15) is 0 Å². The van der Waals surface area contributed by atoms with Gasteiger partial charge in [-0.25, -0.2) is 0 Å². The zero-order valence-electron chi connectivity index (χ0n) is 4.48. The first kappa shape index (κ1) is 7.20. The molecule has 0 aliphatic carbocycles. The predicted molar refractivity (Wildman–Crippen MR) is 36.2 cm³/mol. The van der Waals surface area contributed by atoms with E-state index in [4.69, 9.17) is 15.8 Å². The normalized spacial score (nSPS) is 42.4. The van der Waals surface area contributed by atoms with Gasteiger partial charge < -0.3 is 9.42 Å². The van der Waals surface area contributed by atoms with Crippen LogP contribution in [-0.4, -0.2) is 17.6 Å². The van der Waals surface area contributed by atoms with Crippen LogP contribution < -0.4 is 0 Å². The highest BCUT2D eigenvalue weighted by Gasteiger charge is 2.29. The molecule has 0 amide bonds. The standard InChI is InChI=1S/C4H5O3PS/c1-2-4-3-6-8(5,9)7-4/h1,4H,3H2,(H,5,9). The fourth-order valence-electron chi connectivity index (χ4n) is 0.462. The molecule has 1 aliphatic rings. The Kier molecular flexibility index (Phi) is 1.90. The molecule has 3 nitrogen and oxygen atoms in total. The maximum atomic E-state index is 8.88. The lowest BCUT2D eigenvalue weighted by Crippen LogP contribution is -2.03. The fourth-order valence-corrected chi connectivity index (χ4v) is 1.78. The number of hydrogen-bond acceptors (Lipinski definition) is 3. The molecule has 1 fully saturated rings. The molecule has 50 valence electrons. The monoisotopic (exact) mass is 164 g/mol. The SMILES string of the molecule is C#CC1COP(O)(=S)O1. The Balaban J connectivity index is 2.60. The molecular weight excluding hydrogens is 159 g/mol. The fraction of sp³-hybridized carbons (Fsp3) is 0.500. The van der Waals surface area contributed by atoms with Crippen LogP contribution in [0.5, 0.6) is 0 Å². The summed E-state index contributed by atoms with van der Waals surface area (Å²) in [5.41, 5.74) is 0. The molecule has 0 aromatic heterocycles. The molecule has 5 heteroatoms. The molecule has 0 saturated carbocycles. The second kappa shape index (κ2) is 2.37. The minimum absolute atomic E-state index is 0.213. The van der Waals surface area contributed by atoms with Crippen molar-refractivity contribution in [2.45, 2.75) is 6.10 Å². The van der Waals surface area contributed by atoms with Crippen molar-refractivity contribution in [3.63, 3.8) is 0 Å². The summed E-state index contributed by atoms with van der Waals surface area (Å²) in [6, 6.07) is 0. The maximum absolute atomic E-state index is 8.88. The van der Waals surface area contributed by atoms with Crippen LogP contribution in [0.15, 0.2) is 0 Å². The van der Waals surface area contributed by atoms with Crippen molar-refractivity contribution in [1.82, 2.24) is 0 Å². The highest BCUT2D eigenvalue weighted by Crippen LogP contribution is 2.49. The van der Waals surface area contributed by atoms with Gasteiger partial charge >= 0.3 is 6.72 Å². The Labute approximate surface area is 58.2 Å². The first-order valence-corrected chi connectivity index (χ1v) is 4.85. The summed E-state index contributed by atoms with van der Waals surface area (Å²) in [5.74, 6) is 2.27. The lowest BCUT2D eigenvalue weighted by Gasteiger charge is -2.01. The molecule has 1 saturated heterocycles. The molecule has 0 spiro atoms. The van der Waals surface area contributed by atoms with E-state index in [1.165, 1.54) is 0 Å². The van der Waals surface area contributed by atoms with Gasteiger partial charge in [0.1, 0.15) is 0 Å². The van der Waals surface area contributed by atoms with Crippen molar-refractivity contribution in [1.29, 1.82) is 0 Å². The molecule has 1 rings (SSSR count). The molecule has 9 heavy (non-hydrogen) atoms. The number of terminal acetylenes is 1. The summed E-state index contributed by atoms with van der Waals surface area (Å²) in [7, 11) is 0. The van der Waals surface area contributed by atoms with Gasteiger partial charge in [-0.05, 0) is 11.8 Å². The predicted octanol–water partition coefficient (Wildman–Crippen LogP) is 0.252. The summed E-state index contributed by atoms with van der Waals surface area (Å²) in [6.45, 7) is -2.71. The first-order valence-electron chi connectivity index (χ1n) is 2.26. The van der Waals surface area contributed by atoms with Gasteiger partial charge in [0.15, 0.2) is 6.10 Å². The summed E-state index contributed by atoms with van der Waals surface area (Å²) in [5, 5.41) is 0. The van der Waals surface area contributed by atoms with Gasteiger partial charge in [0.2, 0.25) is 0 Å². The second-order valence-corrected chi connectivity index (χ2v) is 4.32. The Bertz CT molecular complexity index is 196. The lowest BCUT2D eigenvalue weighted by molar-refractivity contribution is 0.294. The average Bonchev–Trinajstić information content (AvgIpc) is 2.10. The maximum Gasteiger partial charge on any atom is 0.325 e. The molecule has 2 unspecified atom stereocenters. The van der Waals surface area contributed by atoms with E-state index >= 15 is 0 Å². The van der Waals surface area contributed by atoms with Crippen molar-refractivity contribution >= 4 is 18.5 Å². The van der Waals surface area contributed by atoms with Crippen LogP contribution >= 0.6 is 6.72 Å². The van der Waals surface area contributed by atoms with E-state index in [2.05, 4.69) is 22.3 Å². The molecule has 1 heterocycles. The van der Waals surface area contributed by atoms with Gasteiger partial charge in [0.25, 0.3) is 0 Å². The highest BCUT2D eigenvalue weighted by molar-refractivity contribution is 8.07. The van der Waals surface area contributed by atoms with E-state index in [0.717, 1.165) is 0 Å². The third kappa shape index (κ3) is 1.75. The van der Waals surface area contributed by atoms with Crippen LogP contribution in [-0.2, 0) is 20.9 Å². The summed E-state index contributed by atoms with van der Waals surface area (Å²) >= 11 is 4.48. The second-order valence-electron chi connectivity index (χ2n) is 1.53. The van der Waals surface area contributed by atoms with E-state index in [1.807, 2.05) is 0 Å². The number of hydrogen-bond donors (Lipinski definition) is 1. The Hall–Kier alpha value is 0.0900. The van der Waals surface area contributed by atoms with Gasteiger partial charge in [-0.1, -0.05) is 5.92 Å². The molecule has 1 N–H and O–H groups in total. The van der Waals surface area contributed by atoms with Crippen molar-refractivity contribution in [2.75, 3.05) is 6.61 Å². The van der Waals surface area contributed by atoms with Crippen molar-refractivity contribution in [3.05, 3.63) is 0 Å². The zero-order valence-corrected chi connectivity index (χ0v) is 6.19. The van der Waals surface area contributed by atoms with Crippen LogP contribution in [0.3, 0.4) is 0 Å². The molecule has 0 aromatic rings. The Morgan fingerprint density at radius 2 is 2.56 bits per heavy atom. The minimum Gasteiger partial charge on any atom is -0.324 e. The van der Waals surface area contributed by atoms with Crippen molar-refractivity contribution in [2.24, 2.45) is 0 Å². The number of rotatable bonds is 0. The van der Waals surface area contributed by atoms with Crippen LogP contribution in [0, 0.1) is 12.3 Å². The van der Waals surface area contributed by atoms with E-state index in [0.29, 0.717) is 0 Å². The van der Waals surface area contributed by atoms with Crippen LogP contribution in [0.2, 0.25) is 0 Å². The highest BCUT2D eigenvalue weighted by atomic mass is 32.5. The van der Waals surface area contributed by atoms with Crippen LogP contribution in [0.25, 0.3) is 0 Å². The van der Waals surface area contributed by atoms with Gasteiger partial charge in [-0.2, -0.15) is 0 Å². The largest absolute Gasteiger partial charge is 0.325 e. The summed E-state index contributed by atoms with van der Waals surface area (Å²) in [6.07, 6.45) is 4.50. The lowest BCUT2D eigenvalue weighted by atomic mass is 10.4. The quantitative estimate of drug-likeness (QED) is 0.411. The van der Waals surface area contributed by atoms with E-state index in [1.54, 1.807) is 0 Å². The third-order valence-electron chi connectivity index (χ3n) is 0.835. The summed E-state index contributed by atoms with van der Waals surface area (Å²) < 4.78 is 9.38. The van der Waals surface area contributed by atoms with Crippen molar-refractivity contribution < 1.29 is 13.9 Å². The van der Waals surface area contributed by atoms with E-state index in [-0.39, 0.29) is 6.61 Å². The Morgan fingerprint density at radius 1 is 1.89 bits per heavy atom. The minimum atomic E-state index is -2.93. The Morgan fingerprint density at radius 3 is 2.78 bits per heavy atom. The zero-order chi connectivity index (χ0) is 6.91. The molecule has 1 aliphatic heterocycles. The van der Waals surface area contributed by atoms with Crippen LogP contribution in [0.4, 0.5) is 0 Å².